The van der Waals surface area contributed by atoms with Crippen LogP contribution in [0.5, 0.6) is 0 Å². The molecule has 12 aromatic rings. The Balaban J connectivity index is 0.974. The molecule has 77 heavy (non-hydrogen) atoms. The summed E-state index contributed by atoms with van der Waals surface area (Å²) in [6, 6.07) is 99.4. The molecule has 370 valence electrons. The van der Waals surface area contributed by atoms with Crippen LogP contribution in [0, 0.1) is 0 Å². The summed E-state index contributed by atoms with van der Waals surface area (Å²) in [4.78, 5) is 4.81. The van der Waals surface area contributed by atoms with Crippen LogP contribution in [-0.4, -0.2) is 4.57 Å². The maximum Gasteiger partial charge on any atom is 0.0713 e. The molecule has 11 aromatic carbocycles. The minimum absolute atomic E-state index is 0.0355. The predicted octanol–water partition coefficient (Wildman–Crippen LogP) is 19.7. The van der Waals surface area contributed by atoms with Gasteiger partial charge in [0.05, 0.1) is 16.4 Å². The van der Waals surface area contributed by atoms with E-state index in [9.17, 15) is 0 Å². The molecular weight excluding hydrogens is 931 g/mol. The molecule has 0 amide bonds. The zero-order valence-corrected chi connectivity index (χ0v) is 44.2. The first kappa shape index (κ1) is 46.4. The molecule has 3 heteroatoms. The second-order valence-corrected chi connectivity index (χ2v) is 22.5. The Morgan fingerprint density at radius 2 is 0.740 bits per heavy atom. The summed E-state index contributed by atoms with van der Waals surface area (Å²) in [5.74, 6) is 0. The van der Waals surface area contributed by atoms with Crippen LogP contribution in [0.25, 0.3) is 49.7 Å². The van der Waals surface area contributed by atoms with Crippen molar-refractivity contribution in [3.63, 3.8) is 0 Å². The molecule has 0 N–H and O–H groups in total. The average Bonchev–Trinajstić information content (AvgIpc) is 4.28. The molecule has 0 saturated heterocycles. The number of fused-ring (bicyclic) bond motifs is 9. The highest BCUT2D eigenvalue weighted by molar-refractivity contribution is 6.11. The van der Waals surface area contributed by atoms with Gasteiger partial charge in [-0.1, -0.05) is 198 Å². The van der Waals surface area contributed by atoms with Crippen molar-refractivity contribution in [2.45, 2.75) is 50.9 Å². The molecule has 0 bridgehead atoms. The largest absolute Gasteiger partial charge is 0.310 e. The van der Waals surface area contributed by atoms with Gasteiger partial charge < -0.3 is 14.4 Å². The Morgan fingerprint density at radius 1 is 0.325 bits per heavy atom. The lowest BCUT2D eigenvalue weighted by Gasteiger charge is -2.34. The van der Waals surface area contributed by atoms with Crippen LogP contribution in [0.1, 0.15) is 73.6 Å². The van der Waals surface area contributed by atoms with E-state index in [1.807, 2.05) is 0 Å². The van der Waals surface area contributed by atoms with Crippen LogP contribution < -0.4 is 9.80 Å². The van der Waals surface area contributed by atoms with E-state index in [1.54, 1.807) is 0 Å². The van der Waals surface area contributed by atoms with Gasteiger partial charge in [-0.2, -0.15) is 0 Å². The molecule has 0 fully saturated rings. The fourth-order valence-electron chi connectivity index (χ4n) is 13.1. The topological polar surface area (TPSA) is 11.4 Å². The number of anilines is 6. The normalized spacial score (nSPS) is 13.7. The van der Waals surface area contributed by atoms with E-state index in [0.29, 0.717) is 0 Å². The van der Waals surface area contributed by atoms with Gasteiger partial charge >= 0.3 is 0 Å². The highest BCUT2D eigenvalue weighted by Crippen LogP contribution is 2.57. The zero-order valence-electron chi connectivity index (χ0n) is 44.2. The number of nitrogens with zero attached hydrogens (tertiary/aromatic N) is 3. The fourth-order valence-corrected chi connectivity index (χ4v) is 13.1. The number of aromatic nitrogens is 1. The third-order valence-corrected chi connectivity index (χ3v) is 16.8. The Hall–Kier alpha value is -9.18. The molecule has 2 aliphatic rings. The molecule has 0 aliphatic heterocycles. The first-order chi connectivity index (χ1) is 37.6. The molecule has 0 saturated carbocycles. The van der Waals surface area contributed by atoms with E-state index in [4.69, 9.17) is 0 Å². The molecule has 0 unspecified atom stereocenters. The number of rotatable bonds is 9. The van der Waals surface area contributed by atoms with Crippen molar-refractivity contribution >= 4 is 55.9 Å². The zero-order chi connectivity index (χ0) is 52.0. The van der Waals surface area contributed by atoms with Gasteiger partial charge in [0.15, 0.2) is 0 Å². The van der Waals surface area contributed by atoms with Gasteiger partial charge in [-0.05, 0) is 170 Å². The quantitative estimate of drug-likeness (QED) is 0.143. The van der Waals surface area contributed by atoms with E-state index in [-0.39, 0.29) is 10.8 Å². The van der Waals surface area contributed by atoms with Crippen LogP contribution in [0.3, 0.4) is 0 Å². The number of benzene rings is 11. The molecule has 14 rings (SSSR count). The third kappa shape index (κ3) is 7.25. The minimum atomic E-state index is -0.541. The summed E-state index contributed by atoms with van der Waals surface area (Å²) >= 11 is 0. The fraction of sp³-hybridized carbons (Fsp3) is 0.108. The average molecular weight is 990 g/mol. The van der Waals surface area contributed by atoms with E-state index in [1.165, 1.54) is 72.0 Å². The molecule has 3 nitrogen and oxygen atoms in total. The molecule has 1 aromatic heterocycles. The van der Waals surface area contributed by atoms with Crippen molar-refractivity contribution in [3.8, 4) is 27.9 Å². The van der Waals surface area contributed by atoms with Crippen molar-refractivity contribution in [2.75, 3.05) is 9.80 Å². The molecule has 0 radical (unpaired) electrons. The highest BCUT2D eigenvalue weighted by atomic mass is 15.1. The second kappa shape index (κ2) is 17.7. The van der Waals surface area contributed by atoms with Crippen LogP contribution in [0.2, 0.25) is 0 Å². The van der Waals surface area contributed by atoms with E-state index >= 15 is 0 Å². The van der Waals surface area contributed by atoms with Crippen LogP contribution >= 0.6 is 0 Å². The Labute approximate surface area is 452 Å². The minimum Gasteiger partial charge on any atom is -0.310 e. The second-order valence-electron chi connectivity index (χ2n) is 22.5. The molecule has 1 heterocycles. The maximum atomic E-state index is 2.50. The maximum absolute atomic E-state index is 2.50. The first-order valence-electron chi connectivity index (χ1n) is 27.1. The smallest absolute Gasteiger partial charge is 0.0713 e. The predicted molar refractivity (Wildman–Crippen MR) is 324 cm³/mol. The Bertz CT molecular complexity index is 4120. The van der Waals surface area contributed by atoms with E-state index in [2.05, 4.69) is 316 Å². The van der Waals surface area contributed by atoms with Crippen LogP contribution in [-0.2, 0) is 16.2 Å². The summed E-state index contributed by atoms with van der Waals surface area (Å²) in [6.07, 6.45) is 0. The number of hydrogen-bond acceptors (Lipinski definition) is 2. The lowest BCUT2D eigenvalue weighted by molar-refractivity contribution is 0.590. The van der Waals surface area contributed by atoms with E-state index < -0.39 is 5.41 Å². The Kier molecular flexibility index (Phi) is 10.7. The SMILES string of the molecule is CC(C)(C)c1ccc(N(c2ccc(-n3c4ccc(N(c5ccccc5)c5ccccc5)cc4c4cc(C5(c6ccccc6)c6ccccc6-c6ccccc65)ccc43)cc2)c2ccc3c(c2)C(C)(C)c2ccccc2-3)cc1. The van der Waals surface area contributed by atoms with Gasteiger partial charge in [-0.25, -0.2) is 0 Å². The number of para-hydroxylation sites is 2. The highest BCUT2D eigenvalue weighted by Gasteiger charge is 2.46. The monoisotopic (exact) mass is 989 g/mol. The van der Waals surface area contributed by atoms with Gasteiger partial charge in [0.25, 0.3) is 0 Å². The van der Waals surface area contributed by atoms with Gasteiger partial charge in [-0.3, -0.25) is 0 Å². The van der Waals surface area contributed by atoms with Crippen molar-refractivity contribution in [1.29, 1.82) is 0 Å². The Morgan fingerprint density at radius 3 is 1.31 bits per heavy atom. The van der Waals surface area contributed by atoms with E-state index in [0.717, 1.165) is 50.8 Å². The standard InChI is InChI=1S/C74H59N3/c1-72(2,3)50-33-36-55(37-34-50)76(59-42-44-63-60-27-15-18-30-66(60)73(4,5)69(63)49-59)56-38-40-57(41-39-56)77-70-45-35-52(74(51-21-9-6-10-22-51)67-31-19-16-28-61(67)62-29-17-20-32-68(62)74)47-64(70)65-48-58(43-46-71(65)77)75(53-23-11-7-12-24-53)54-25-13-8-14-26-54/h6-49H,1-5H3. The summed E-state index contributed by atoms with van der Waals surface area (Å²) in [5.41, 5.74) is 23.8. The summed E-state index contributed by atoms with van der Waals surface area (Å²) in [5, 5.41) is 2.38. The van der Waals surface area contributed by atoms with Gasteiger partial charge in [0.1, 0.15) is 0 Å². The first-order valence-corrected chi connectivity index (χ1v) is 27.1. The third-order valence-electron chi connectivity index (χ3n) is 16.8. The van der Waals surface area contributed by atoms with Gasteiger partial charge in [0, 0.05) is 56.0 Å². The summed E-state index contributed by atoms with van der Waals surface area (Å²) < 4.78 is 2.47. The van der Waals surface area contributed by atoms with Crippen molar-refractivity contribution in [1.82, 2.24) is 4.57 Å². The summed E-state index contributed by atoms with van der Waals surface area (Å²) in [7, 11) is 0. The molecular formula is C74H59N3. The molecule has 0 spiro atoms. The molecule has 2 aliphatic carbocycles. The number of hydrogen-bond donors (Lipinski definition) is 0. The van der Waals surface area contributed by atoms with Gasteiger partial charge in [-0.15, -0.1) is 0 Å². The lowest BCUT2D eigenvalue weighted by atomic mass is 9.67. The lowest BCUT2D eigenvalue weighted by Crippen LogP contribution is -2.28. The molecule has 0 atom stereocenters. The van der Waals surface area contributed by atoms with Gasteiger partial charge in [0.2, 0.25) is 0 Å². The van der Waals surface area contributed by atoms with Crippen LogP contribution in [0.15, 0.2) is 267 Å². The van der Waals surface area contributed by atoms with Crippen molar-refractivity contribution in [2.24, 2.45) is 0 Å². The van der Waals surface area contributed by atoms with Crippen LogP contribution in [0.4, 0.5) is 34.1 Å². The summed E-state index contributed by atoms with van der Waals surface area (Å²) in [6.45, 7) is 11.6. The van der Waals surface area contributed by atoms with Crippen molar-refractivity contribution in [3.05, 3.63) is 306 Å². The van der Waals surface area contributed by atoms with Crippen molar-refractivity contribution < 1.29 is 0 Å².